The Morgan fingerprint density at radius 3 is 3.00 bits per heavy atom. The van der Waals surface area contributed by atoms with Gasteiger partial charge in [-0.05, 0) is 37.8 Å². The van der Waals surface area contributed by atoms with E-state index < -0.39 is 0 Å². The fourth-order valence-electron chi connectivity index (χ4n) is 2.65. The number of rotatable bonds is 2. The van der Waals surface area contributed by atoms with Crippen LogP contribution < -0.4 is 10.9 Å². The summed E-state index contributed by atoms with van der Waals surface area (Å²) in [6, 6.07) is 5.15. The molecule has 1 aliphatic carbocycles. The van der Waals surface area contributed by atoms with Gasteiger partial charge in [0, 0.05) is 17.8 Å². The number of pyridine rings is 1. The maximum atomic E-state index is 12.1. The smallest absolute Gasteiger partial charge is 0.255 e. The second-order valence-electron chi connectivity index (χ2n) is 5.13. The molecule has 5 heteroatoms. The highest BCUT2D eigenvalue weighted by molar-refractivity contribution is 5.95. The molecule has 2 N–H and O–H groups in total. The van der Waals surface area contributed by atoms with Crippen molar-refractivity contribution in [1.82, 2.24) is 10.3 Å². The molecule has 0 radical (unpaired) electrons. The van der Waals surface area contributed by atoms with E-state index in [0.29, 0.717) is 11.3 Å². The van der Waals surface area contributed by atoms with Crippen molar-refractivity contribution in [3.05, 3.63) is 57.4 Å². The summed E-state index contributed by atoms with van der Waals surface area (Å²) in [5.74, 6) is 0.525. The lowest BCUT2D eigenvalue weighted by molar-refractivity contribution is 0.0932. The van der Waals surface area contributed by atoms with Crippen LogP contribution in [-0.4, -0.2) is 16.9 Å². The zero-order valence-electron chi connectivity index (χ0n) is 11.2. The molecule has 2 aromatic heterocycles. The van der Waals surface area contributed by atoms with Gasteiger partial charge < -0.3 is 14.7 Å². The van der Waals surface area contributed by atoms with Gasteiger partial charge in [-0.2, -0.15) is 0 Å². The fraction of sp³-hybridized carbons (Fsp3) is 0.333. The molecule has 20 heavy (non-hydrogen) atoms. The molecule has 5 nitrogen and oxygen atoms in total. The molecule has 0 spiro atoms. The lowest BCUT2D eigenvalue weighted by atomic mass is 9.91. The van der Waals surface area contributed by atoms with Crippen LogP contribution >= 0.6 is 0 Å². The zero-order valence-corrected chi connectivity index (χ0v) is 11.2. The van der Waals surface area contributed by atoms with Crippen molar-refractivity contribution in [3.8, 4) is 0 Å². The first-order valence-corrected chi connectivity index (χ1v) is 6.69. The first kappa shape index (κ1) is 12.7. The highest BCUT2D eigenvalue weighted by atomic mass is 16.3. The van der Waals surface area contributed by atoms with Crippen LogP contribution in [0, 0.1) is 6.92 Å². The predicted octanol–water partition coefficient (Wildman–Crippen LogP) is 1.56. The number of aryl methyl sites for hydroxylation is 2. The largest absolute Gasteiger partial charge is 0.469 e. The van der Waals surface area contributed by atoms with Gasteiger partial charge in [0.2, 0.25) is 5.56 Å². The normalized spacial score (nSPS) is 17.6. The van der Waals surface area contributed by atoms with Crippen LogP contribution in [-0.2, 0) is 12.8 Å². The summed E-state index contributed by atoms with van der Waals surface area (Å²) in [6.45, 7) is 1.77. The van der Waals surface area contributed by atoms with E-state index in [0.717, 1.165) is 30.5 Å². The van der Waals surface area contributed by atoms with E-state index in [-0.39, 0.29) is 17.5 Å². The summed E-state index contributed by atoms with van der Waals surface area (Å²) in [4.78, 5) is 26.2. The number of hydrogen-bond acceptors (Lipinski definition) is 3. The summed E-state index contributed by atoms with van der Waals surface area (Å²) in [5.41, 5.74) is 2.60. The van der Waals surface area contributed by atoms with Crippen molar-refractivity contribution in [2.75, 3.05) is 0 Å². The Morgan fingerprint density at radius 2 is 2.25 bits per heavy atom. The van der Waals surface area contributed by atoms with Crippen molar-refractivity contribution in [3.63, 3.8) is 0 Å². The molecule has 2 aromatic rings. The molecule has 0 saturated heterocycles. The predicted molar refractivity (Wildman–Crippen MR) is 73.8 cm³/mol. The maximum Gasteiger partial charge on any atom is 0.255 e. The first-order chi connectivity index (χ1) is 9.63. The highest BCUT2D eigenvalue weighted by Crippen LogP contribution is 2.19. The summed E-state index contributed by atoms with van der Waals surface area (Å²) < 4.78 is 5.14. The molecule has 0 aliphatic heterocycles. The number of aromatic nitrogens is 1. The molecule has 1 atom stereocenters. The van der Waals surface area contributed by atoms with E-state index in [1.165, 1.54) is 12.3 Å². The lowest BCUT2D eigenvalue weighted by Crippen LogP contribution is -2.39. The minimum atomic E-state index is -0.103. The summed E-state index contributed by atoms with van der Waals surface area (Å²) in [7, 11) is 0. The number of H-pyrrole nitrogens is 1. The Kier molecular flexibility index (Phi) is 3.18. The van der Waals surface area contributed by atoms with E-state index in [2.05, 4.69) is 10.3 Å². The molecule has 2 heterocycles. The SMILES string of the molecule is Cc1occc1C(=O)N[C@H]1CCc2[nH]c(=O)ccc2C1. The van der Waals surface area contributed by atoms with Gasteiger partial charge in [-0.3, -0.25) is 9.59 Å². The molecule has 0 bridgehead atoms. The number of amides is 1. The summed E-state index contributed by atoms with van der Waals surface area (Å²) >= 11 is 0. The average molecular weight is 272 g/mol. The van der Waals surface area contributed by atoms with Gasteiger partial charge in [0.25, 0.3) is 5.91 Å². The molecule has 0 unspecified atom stereocenters. The molecule has 1 amide bonds. The fourth-order valence-corrected chi connectivity index (χ4v) is 2.65. The second kappa shape index (κ2) is 5.00. The third-order valence-electron chi connectivity index (χ3n) is 3.75. The van der Waals surface area contributed by atoms with Gasteiger partial charge in [0.15, 0.2) is 0 Å². The Labute approximate surface area is 116 Å². The molecular formula is C15H16N2O3. The minimum absolute atomic E-state index is 0.0692. The number of carbonyl (C=O) groups is 1. The van der Waals surface area contributed by atoms with Gasteiger partial charge in [0.05, 0.1) is 11.8 Å². The molecule has 3 rings (SSSR count). The van der Waals surface area contributed by atoms with E-state index in [9.17, 15) is 9.59 Å². The topological polar surface area (TPSA) is 75.1 Å². The van der Waals surface area contributed by atoms with Crippen molar-refractivity contribution >= 4 is 5.91 Å². The Morgan fingerprint density at radius 1 is 1.40 bits per heavy atom. The molecular weight excluding hydrogens is 256 g/mol. The molecule has 0 fully saturated rings. The average Bonchev–Trinajstić information content (AvgIpc) is 2.85. The molecule has 0 aromatic carbocycles. The zero-order chi connectivity index (χ0) is 14.1. The van der Waals surface area contributed by atoms with Crippen LogP contribution in [0.25, 0.3) is 0 Å². The van der Waals surface area contributed by atoms with Crippen molar-refractivity contribution < 1.29 is 9.21 Å². The summed E-state index contributed by atoms with van der Waals surface area (Å²) in [6.07, 6.45) is 3.87. The van der Waals surface area contributed by atoms with Gasteiger partial charge in [0.1, 0.15) is 5.76 Å². The van der Waals surface area contributed by atoms with Crippen LogP contribution in [0.5, 0.6) is 0 Å². The third-order valence-corrected chi connectivity index (χ3v) is 3.75. The Bertz CT molecular complexity index is 699. The molecule has 104 valence electrons. The number of carbonyl (C=O) groups excluding carboxylic acids is 1. The van der Waals surface area contributed by atoms with Crippen molar-refractivity contribution in [2.24, 2.45) is 0 Å². The van der Waals surface area contributed by atoms with Crippen LogP contribution in [0.3, 0.4) is 0 Å². The maximum absolute atomic E-state index is 12.1. The van der Waals surface area contributed by atoms with Gasteiger partial charge >= 0.3 is 0 Å². The van der Waals surface area contributed by atoms with Crippen LogP contribution in [0.1, 0.15) is 33.8 Å². The molecule has 1 aliphatic rings. The van der Waals surface area contributed by atoms with E-state index >= 15 is 0 Å². The van der Waals surface area contributed by atoms with Crippen LogP contribution in [0.15, 0.2) is 33.7 Å². The number of fused-ring (bicyclic) bond motifs is 1. The minimum Gasteiger partial charge on any atom is -0.469 e. The number of nitrogens with one attached hydrogen (secondary N) is 2. The van der Waals surface area contributed by atoms with Gasteiger partial charge in [-0.15, -0.1) is 0 Å². The van der Waals surface area contributed by atoms with E-state index in [1.807, 2.05) is 6.07 Å². The Balaban J connectivity index is 1.72. The quantitative estimate of drug-likeness (QED) is 0.871. The third kappa shape index (κ3) is 2.39. The summed E-state index contributed by atoms with van der Waals surface area (Å²) in [5, 5.41) is 3.03. The van der Waals surface area contributed by atoms with Gasteiger partial charge in [-0.25, -0.2) is 0 Å². The second-order valence-corrected chi connectivity index (χ2v) is 5.13. The van der Waals surface area contributed by atoms with Crippen molar-refractivity contribution in [1.29, 1.82) is 0 Å². The lowest BCUT2D eigenvalue weighted by Gasteiger charge is -2.25. The highest BCUT2D eigenvalue weighted by Gasteiger charge is 2.22. The Hall–Kier alpha value is -2.30. The van der Waals surface area contributed by atoms with E-state index in [4.69, 9.17) is 4.42 Å². The van der Waals surface area contributed by atoms with Gasteiger partial charge in [-0.1, -0.05) is 6.07 Å². The number of aromatic amines is 1. The van der Waals surface area contributed by atoms with Crippen molar-refractivity contribution in [2.45, 2.75) is 32.2 Å². The number of hydrogen-bond donors (Lipinski definition) is 2. The first-order valence-electron chi connectivity index (χ1n) is 6.69. The van der Waals surface area contributed by atoms with Crippen LogP contribution in [0.2, 0.25) is 0 Å². The molecule has 0 saturated carbocycles. The number of furan rings is 1. The van der Waals surface area contributed by atoms with Crippen LogP contribution in [0.4, 0.5) is 0 Å². The standard InChI is InChI=1S/C15H16N2O3/c1-9-12(6-7-20-9)15(19)16-11-3-4-13-10(8-11)2-5-14(18)17-13/h2,5-7,11H,3-4,8H2,1H3,(H,16,19)(H,17,18)/t11-/m0/s1. The monoisotopic (exact) mass is 272 g/mol. The van der Waals surface area contributed by atoms with E-state index in [1.54, 1.807) is 13.0 Å².